The maximum atomic E-state index is 9.42. The summed E-state index contributed by atoms with van der Waals surface area (Å²) in [6.07, 6.45) is 0. The third-order valence-corrected chi connectivity index (χ3v) is 3.41. The molecule has 0 radical (unpaired) electrons. The Morgan fingerprint density at radius 1 is 1.33 bits per heavy atom. The van der Waals surface area contributed by atoms with Crippen LogP contribution in [-0.2, 0) is 6.54 Å². The molecular weight excluding hydrogens is 226 g/mol. The van der Waals surface area contributed by atoms with Gasteiger partial charge in [0.2, 0.25) is 0 Å². The molecule has 0 aliphatic carbocycles. The Bertz CT molecular complexity index is 377. The number of benzene rings is 1. The van der Waals surface area contributed by atoms with Crippen LogP contribution in [0.4, 0.5) is 0 Å². The number of aliphatic hydroxyl groups is 1. The van der Waals surface area contributed by atoms with Crippen molar-refractivity contribution in [3.05, 3.63) is 29.3 Å². The minimum atomic E-state index is 0.198. The lowest BCUT2D eigenvalue weighted by atomic mass is 10.0. The summed E-state index contributed by atoms with van der Waals surface area (Å²) < 4.78 is 5.26. The fourth-order valence-corrected chi connectivity index (χ4v) is 2.30. The molecule has 1 atom stereocenters. The van der Waals surface area contributed by atoms with Crippen LogP contribution < -0.4 is 4.74 Å². The minimum Gasteiger partial charge on any atom is -0.496 e. The van der Waals surface area contributed by atoms with Gasteiger partial charge in [-0.2, -0.15) is 0 Å². The first-order valence-corrected chi connectivity index (χ1v) is 6.44. The number of nitrogens with zero attached hydrogens (tertiary/aromatic N) is 1. The maximum Gasteiger partial charge on any atom is 0.121 e. The maximum absolute atomic E-state index is 9.42. The lowest BCUT2D eigenvalue weighted by Gasteiger charge is -2.29. The first-order chi connectivity index (χ1) is 8.49. The largest absolute Gasteiger partial charge is 0.496 e. The highest BCUT2D eigenvalue weighted by Gasteiger charge is 2.17. The van der Waals surface area contributed by atoms with Crippen molar-refractivity contribution < 1.29 is 9.84 Å². The molecule has 0 amide bonds. The van der Waals surface area contributed by atoms with Gasteiger partial charge in [0.25, 0.3) is 0 Å². The highest BCUT2D eigenvalue weighted by Crippen LogP contribution is 2.20. The van der Waals surface area contributed by atoms with Gasteiger partial charge in [-0.1, -0.05) is 26.0 Å². The molecule has 0 aromatic heterocycles. The Hall–Kier alpha value is -1.06. The predicted molar refractivity (Wildman–Crippen MR) is 74.9 cm³/mol. The highest BCUT2D eigenvalue weighted by molar-refractivity contribution is 5.36. The van der Waals surface area contributed by atoms with E-state index in [1.807, 2.05) is 13.0 Å². The number of hydrogen-bond acceptors (Lipinski definition) is 3. The molecule has 3 heteroatoms. The fraction of sp³-hybridized carbons (Fsp3) is 0.600. The van der Waals surface area contributed by atoms with Gasteiger partial charge in [0, 0.05) is 12.6 Å². The van der Waals surface area contributed by atoms with E-state index in [1.54, 1.807) is 7.11 Å². The molecule has 18 heavy (non-hydrogen) atoms. The lowest BCUT2D eigenvalue weighted by molar-refractivity contribution is 0.108. The summed E-state index contributed by atoms with van der Waals surface area (Å²) in [6.45, 7) is 7.36. The zero-order chi connectivity index (χ0) is 13.7. The minimum absolute atomic E-state index is 0.198. The number of methoxy groups -OCH3 is 1. The van der Waals surface area contributed by atoms with E-state index in [4.69, 9.17) is 4.74 Å². The molecule has 0 heterocycles. The van der Waals surface area contributed by atoms with Crippen LogP contribution in [-0.4, -0.2) is 36.8 Å². The van der Waals surface area contributed by atoms with Gasteiger partial charge >= 0.3 is 0 Å². The molecule has 0 saturated carbocycles. The molecule has 1 N–H and O–H groups in total. The molecule has 0 saturated heterocycles. The molecule has 1 rings (SSSR count). The second-order valence-corrected chi connectivity index (χ2v) is 5.21. The number of rotatable bonds is 6. The third-order valence-electron chi connectivity index (χ3n) is 3.41. The zero-order valence-electron chi connectivity index (χ0n) is 12.1. The smallest absolute Gasteiger partial charge is 0.121 e. The summed E-state index contributed by atoms with van der Waals surface area (Å²) in [5.41, 5.74) is 2.39. The molecule has 1 aromatic rings. The zero-order valence-corrected chi connectivity index (χ0v) is 12.1. The van der Waals surface area contributed by atoms with Crippen molar-refractivity contribution in [2.45, 2.75) is 33.4 Å². The molecule has 0 bridgehead atoms. The summed E-state index contributed by atoms with van der Waals surface area (Å²) >= 11 is 0. The molecule has 3 nitrogen and oxygen atoms in total. The number of hydrogen-bond donors (Lipinski definition) is 1. The first kappa shape index (κ1) is 15.0. The SMILES string of the molecule is COc1ccc(CN(C)C(CO)C(C)C)cc1C. The third kappa shape index (κ3) is 3.72. The Kier molecular flexibility index (Phi) is 5.63. The standard InChI is InChI=1S/C15H25NO2/c1-11(2)14(10-17)16(4)9-13-6-7-15(18-5)12(3)8-13/h6-8,11,14,17H,9-10H2,1-5H3. The molecular formula is C15H25NO2. The summed E-state index contributed by atoms with van der Waals surface area (Å²) in [7, 11) is 3.75. The van der Waals surface area contributed by atoms with E-state index in [0.29, 0.717) is 5.92 Å². The summed E-state index contributed by atoms with van der Waals surface area (Å²) in [4.78, 5) is 2.20. The Morgan fingerprint density at radius 3 is 2.44 bits per heavy atom. The quantitative estimate of drug-likeness (QED) is 0.843. The van der Waals surface area contributed by atoms with E-state index < -0.39 is 0 Å². The molecule has 0 spiro atoms. The van der Waals surface area contributed by atoms with Gasteiger partial charge in [-0.05, 0) is 37.1 Å². The molecule has 0 fully saturated rings. The average Bonchev–Trinajstić information content (AvgIpc) is 2.29. The summed E-state index contributed by atoms with van der Waals surface area (Å²) in [6, 6.07) is 6.43. The Morgan fingerprint density at radius 2 is 2.00 bits per heavy atom. The van der Waals surface area contributed by atoms with E-state index in [-0.39, 0.29) is 12.6 Å². The molecule has 1 unspecified atom stereocenters. The summed E-state index contributed by atoms with van der Waals surface area (Å²) in [5, 5.41) is 9.42. The van der Waals surface area contributed by atoms with Gasteiger partial charge in [0.1, 0.15) is 5.75 Å². The Labute approximate surface area is 110 Å². The van der Waals surface area contributed by atoms with Gasteiger partial charge in [-0.3, -0.25) is 4.90 Å². The van der Waals surface area contributed by atoms with Crippen molar-refractivity contribution in [1.82, 2.24) is 4.90 Å². The van der Waals surface area contributed by atoms with Crippen LogP contribution in [0.1, 0.15) is 25.0 Å². The van der Waals surface area contributed by atoms with Crippen LogP contribution in [0.25, 0.3) is 0 Å². The van der Waals surface area contributed by atoms with Crippen LogP contribution in [0.3, 0.4) is 0 Å². The number of ether oxygens (including phenoxy) is 1. The van der Waals surface area contributed by atoms with E-state index >= 15 is 0 Å². The van der Waals surface area contributed by atoms with E-state index in [1.165, 1.54) is 5.56 Å². The van der Waals surface area contributed by atoms with Gasteiger partial charge in [-0.15, -0.1) is 0 Å². The second kappa shape index (κ2) is 6.76. The van der Waals surface area contributed by atoms with Crippen molar-refractivity contribution >= 4 is 0 Å². The normalized spacial score (nSPS) is 13.1. The first-order valence-electron chi connectivity index (χ1n) is 6.44. The van der Waals surface area contributed by atoms with Crippen molar-refractivity contribution in [3.8, 4) is 5.75 Å². The molecule has 1 aromatic carbocycles. The average molecular weight is 251 g/mol. The van der Waals surface area contributed by atoms with Crippen LogP contribution >= 0.6 is 0 Å². The topological polar surface area (TPSA) is 32.7 Å². The van der Waals surface area contributed by atoms with Crippen LogP contribution in [0.5, 0.6) is 5.75 Å². The van der Waals surface area contributed by atoms with Crippen molar-refractivity contribution in [1.29, 1.82) is 0 Å². The number of aryl methyl sites for hydroxylation is 1. The van der Waals surface area contributed by atoms with E-state index in [0.717, 1.165) is 17.9 Å². The Balaban J connectivity index is 2.75. The second-order valence-electron chi connectivity index (χ2n) is 5.21. The predicted octanol–water partition coefficient (Wildman–Crippen LogP) is 2.45. The molecule has 0 aliphatic heterocycles. The highest BCUT2D eigenvalue weighted by atomic mass is 16.5. The van der Waals surface area contributed by atoms with Gasteiger partial charge < -0.3 is 9.84 Å². The fourth-order valence-electron chi connectivity index (χ4n) is 2.30. The van der Waals surface area contributed by atoms with E-state index in [9.17, 15) is 5.11 Å². The molecule has 0 aliphatic rings. The van der Waals surface area contributed by atoms with Crippen LogP contribution in [0, 0.1) is 12.8 Å². The van der Waals surface area contributed by atoms with Crippen molar-refractivity contribution in [2.24, 2.45) is 5.92 Å². The van der Waals surface area contributed by atoms with Crippen molar-refractivity contribution in [3.63, 3.8) is 0 Å². The van der Waals surface area contributed by atoms with Gasteiger partial charge in [0.05, 0.1) is 13.7 Å². The van der Waals surface area contributed by atoms with Crippen LogP contribution in [0.2, 0.25) is 0 Å². The summed E-state index contributed by atoms with van der Waals surface area (Å²) in [5.74, 6) is 1.36. The van der Waals surface area contributed by atoms with E-state index in [2.05, 4.69) is 37.9 Å². The van der Waals surface area contributed by atoms with Crippen LogP contribution in [0.15, 0.2) is 18.2 Å². The monoisotopic (exact) mass is 251 g/mol. The van der Waals surface area contributed by atoms with Crippen molar-refractivity contribution in [2.75, 3.05) is 20.8 Å². The lowest BCUT2D eigenvalue weighted by Crippen LogP contribution is -2.38. The number of likely N-dealkylation sites (N-methyl/N-ethyl adjacent to an activating group) is 1. The van der Waals surface area contributed by atoms with Gasteiger partial charge in [-0.25, -0.2) is 0 Å². The van der Waals surface area contributed by atoms with Gasteiger partial charge in [0.15, 0.2) is 0 Å². The number of aliphatic hydroxyl groups excluding tert-OH is 1. The molecule has 102 valence electrons.